The summed E-state index contributed by atoms with van der Waals surface area (Å²) in [6.45, 7) is 2.21. The first kappa shape index (κ1) is 20.7. The molecule has 31 heavy (non-hydrogen) atoms. The van der Waals surface area contributed by atoms with Gasteiger partial charge >= 0.3 is 12.1 Å². The molecule has 0 spiro atoms. The zero-order valence-electron chi connectivity index (χ0n) is 17.4. The van der Waals surface area contributed by atoms with Crippen molar-refractivity contribution in [2.24, 2.45) is 0 Å². The first-order valence-corrected chi connectivity index (χ1v) is 10.5. The number of fused-ring (bicyclic) bond motifs is 3. The van der Waals surface area contributed by atoms with Crippen LogP contribution in [0.1, 0.15) is 35.1 Å². The average molecular weight is 415 g/mol. The molecule has 1 aliphatic carbocycles. The number of alkyl carbamates (subject to hydrolysis) is 1. The summed E-state index contributed by atoms with van der Waals surface area (Å²) in [6, 6.07) is 22.9. The molecule has 0 aliphatic heterocycles. The molecule has 3 aromatic rings. The van der Waals surface area contributed by atoms with Crippen LogP contribution in [-0.2, 0) is 22.4 Å². The fourth-order valence-corrected chi connectivity index (χ4v) is 4.13. The van der Waals surface area contributed by atoms with Gasteiger partial charge in [-0.05, 0) is 39.8 Å². The number of carbonyl (C=O) groups is 2. The third-order valence-corrected chi connectivity index (χ3v) is 5.80. The number of carbonyl (C=O) groups excluding carboxylic acids is 1. The maximum absolute atomic E-state index is 12.4. The number of hydrogen-bond acceptors (Lipinski definition) is 3. The average Bonchev–Trinajstić information content (AvgIpc) is 3.11. The molecule has 0 saturated heterocycles. The quantitative estimate of drug-likeness (QED) is 0.582. The van der Waals surface area contributed by atoms with Crippen LogP contribution in [-0.4, -0.2) is 29.8 Å². The van der Waals surface area contributed by atoms with E-state index in [9.17, 15) is 14.7 Å². The van der Waals surface area contributed by atoms with E-state index >= 15 is 0 Å². The zero-order chi connectivity index (χ0) is 21.8. The molecule has 0 heterocycles. The summed E-state index contributed by atoms with van der Waals surface area (Å²) < 4.78 is 5.48. The summed E-state index contributed by atoms with van der Waals surface area (Å²) in [7, 11) is 0. The van der Waals surface area contributed by atoms with Crippen molar-refractivity contribution >= 4 is 12.1 Å². The standard InChI is InChI=1S/C26H25NO4/c1-2-17-11-13-18(14-12-17)15-24(25(28)29)27-26(30)31-16-23-21-9-5-3-7-19(21)20-8-4-6-10-22(20)23/h3-14,23-24H,2,15-16H2,1H3,(H,27,30)(H,28,29). The number of carboxylic acids is 1. The Morgan fingerprint density at radius 1 is 0.903 bits per heavy atom. The fourth-order valence-electron chi connectivity index (χ4n) is 4.13. The Morgan fingerprint density at radius 2 is 1.45 bits per heavy atom. The van der Waals surface area contributed by atoms with E-state index in [1.807, 2.05) is 60.7 Å². The van der Waals surface area contributed by atoms with Crippen LogP contribution in [0.3, 0.4) is 0 Å². The van der Waals surface area contributed by atoms with Gasteiger partial charge in [0.15, 0.2) is 0 Å². The monoisotopic (exact) mass is 415 g/mol. The highest BCUT2D eigenvalue weighted by Gasteiger charge is 2.29. The van der Waals surface area contributed by atoms with E-state index in [1.165, 1.54) is 5.56 Å². The van der Waals surface area contributed by atoms with Gasteiger partial charge in [-0.3, -0.25) is 0 Å². The predicted octanol–water partition coefficient (Wildman–Crippen LogP) is 4.78. The third-order valence-electron chi connectivity index (χ3n) is 5.80. The molecule has 5 nitrogen and oxygen atoms in total. The first-order chi connectivity index (χ1) is 15.1. The highest BCUT2D eigenvalue weighted by atomic mass is 16.5. The van der Waals surface area contributed by atoms with Gasteiger partial charge in [0.1, 0.15) is 12.6 Å². The molecule has 1 amide bonds. The molecule has 3 aromatic carbocycles. The van der Waals surface area contributed by atoms with Gasteiger partial charge in [0.25, 0.3) is 0 Å². The second-order valence-electron chi connectivity index (χ2n) is 7.73. The van der Waals surface area contributed by atoms with E-state index in [0.717, 1.165) is 34.2 Å². The molecule has 0 radical (unpaired) electrons. The number of hydrogen-bond donors (Lipinski definition) is 2. The topological polar surface area (TPSA) is 75.6 Å². The maximum Gasteiger partial charge on any atom is 0.407 e. The van der Waals surface area contributed by atoms with Crippen molar-refractivity contribution in [3.8, 4) is 11.1 Å². The summed E-state index contributed by atoms with van der Waals surface area (Å²) in [6.07, 6.45) is 0.392. The number of aryl methyl sites for hydroxylation is 1. The van der Waals surface area contributed by atoms with Gasteiger partial charge in [0, 0.05) is 12.3 Å². The van der Waals surface area contributed by atoms with Crippen LogP contribution in [0.15, 0.2) is 72.8 Å². The summed E-state index contributed by atoms with van der Waals surface area (Å²) in [4.78, 5) is 24.1. The molecule has 0 aromatic heterocycles. The highest BCUT2D eigenvalue weighted by molar-refractivity contribution is 5.81. The third kappa shape index (κ3) is 4.45. The SMILES string of the molecule is CCc1ccc(CC(NC(=O)OCC2c3ccccc3-c3ccccc32)C(=O)O)cc1. The Morgan fingerprint density at radius 3 is 2.00 bits per heavy atom. The van der Waals surface area contributed by atoms with E-state index in [2.05, 4.69) is 24.4 Å². The van der Waals surface area contributed by atoms with Crippen LogP contribution < -0.4 is 5.32 Å². The number of nitrogens with one attached hydrogen (secondary N) is 1. The van der Waals surface area contributed by atoms with Gasteiger partial charge in [-0.15, -0.1) is 0 Å². The second-order valence-corrected chi connectivity index (χ2v) is 7.73. The van der Waals surface area contributed by atoms with Crippen molar-refractivity contribution in [2.45, 2.75) is 31.7 Å². The second kappa shape index (κ2) is 9.04. The Bertz CT molecular complexity index is 1050. The van der Waals surface area contributed by atoms with Gasteiger partial charge < -0.3 is 15.2 Å². The molecule has 1 aliphatic rings. The van der Waals surface area contributed by atoms with Gasteiger partial charge in [-0.2, -0.15) is 0 Å². The van der Waals surface area contributed by atoms with E-state index in [-0.39, 0.29) is 18.9 Å². The van der Waals surface area contributed by atoms with Crippen LogP contribution in [0, 0.1) is 0 Å². The van der Waals surface area contributed by atoms with Crippen molar-refractivity contribution in [3.63, 3.8) is 0 Å². The molecule has 5 heteroatoms. The van der Waals surface area contributed by atoms with Crippen molar-refractivity contribution in [1.29, 1.82) is 0 Å². The van der Waals surface area contributed by atoms with E-state index in [1.54, 1.807) is 0 Å². The van der Waals surface area contributed by atoms with Gasteiger partial charge in [0.05, 0.1) is 0 Å². The molecule has 0 saturated carbocycles. The molecule has 0 bridgehead atoms. The van der Waals surface area contributed by atoms with Crippen molar-refractivity contribution in [2.75, 3.05) is 6.61 Å². The molecular weight excluding hydrogens is 390 g/mol. The number of benzene rings is 3. The van der Waals surface area contributed by atoms with Gasteiger partial charge in [-0.25, -0.2) is 9.59 Å². The summed E-state index contributed by atoms with van der Waals surface area (Å²) in [5.74, 6) is -1.16. The minimum atomic E-state index is -1.09. The Labute approximate surface area is 181 Å². The lowest BCUT2D eigenvalue weighted by Gasteiger charge is -2.17. The Balaban J connectivity index is 1.41. The molecule has 158 valence electrons. The van der Waals surface area contributed by atoms with Crippen LogP contribution in [0.4, 0.5) is 4.79 Å². The van der Waals surface area contributed by atoms with Crippen molar-refractivity contribution in [1.82, 2.24) is 5.32 Å². The smallest absolute Gasteiger partial charge is 0.407 e. The number of carboxylic acid groups (broad SMARTS) is 1. The number of rotatable bonds is 7. The lowest BCUT2D eigenvalue weighted by Crippen LogP contribution is -2.42. The van der Waals surface area contributed by atoms with Crippen LogP contribution in [0.2, 0.25) is 0 Å². The van der Waals surface area contributed by atoms with Crippen molar-refractivity contribution < 1.29 is 19.4 Å². The van der Waals surface area contributed by atoms with E-state index < -0.39 is 18.1 Å². The molecule has 1 atom stereocenters. The molecular formula is C26H25NO4. The molecule has 2 N–H and O–H groups in total. The highest BCUT2D eigenvalue weighted by Crippen LogP contribution is 2.44. The first-order valence-electron chi connectivity index (χ1n) is 10.5. The van der Waals surface area contributed by atoms with Crippen molar-refractivity contribution in [3.05, 3.63) is 95.1 Å². The van der Waals surface area contributed by atoms with Gasteiger partial charge in [-0.1, -0.05) is 79.7 Å². The number of amides is 1. The Kier molecular flexibility index (Phi) is 6.03. The zero-order valence-corrected chi connectivity index (χ0v) is 17.4. The number of ether oxygens (including phenoxy) is 1. The summed E-state index contributed by atoms with van der Waals surface area (Å²) in [5.41, 5.74) is 6.55. The van der Waals surface area contributed by atoms with Gasteiger partial charge in [0.2, 0.25) is 0 Å². The normalized spacial score (nSPS) is 13.2. The summed E-state index contributed by atoms with van der Waals surface area (Å²) in [5, 5.41) is 12.1. The van der Waals surface area contributed by atoms with E-state index in [4.69, 9.17) is 4.74 Å². The van der Waals surface area contributed by atoms with Crippen LogP contribution >= 0.6 is 0 Å². The maximum atomic E-state index is 12.4. The molecule has 0 fully saturated rings. The fraction of sp³-hybridized carbons (Fsp3) is 0.231. The predicted molar refractivity (Wildman–Crippen MR) is 119 cm³/mol. The molecule has 4 rings (SSSR count). The lowest BCUT2D eigenvalue weighted by atomic mass is 9.98. The Hall–Kier alpha value is -3.60. The lowest BCUT2D eigenvalue weighted by molar-refractivity contribution is -0.139. The van der Waals surface area contributed by atoms with E-state index in [0.29, 0.717) is 0 Å². The molecule has 1 unspecified atom stereocenters. The van der Waals surface area contributed by atoms with Crippen LogP contribution in [0.5, 0.6) is 0 Å². The minimum absolute atomic E-state index is 0.0667. The largest absolute Gasteiger partial charge is 0.480 e. The minimum Gasteiger partial charge on any atom is -0.480 e. The summed E-state index contributed by atoms with van der Waals surface area (Å²) >= 11 is 0. The van der Waals surface area contributed by atoms with Crippen LogP contribution in [0.25, 0.3) is 11.1 Å². The number of aliphatic carboxylic acids is 1.